The minimum atomic E-state index is -0.493. The maximum Gasteiger partial charge on any atom is 0.163 e. The fourth-order valence-corrected chi connectivity index (χ4v) is 2.49. The Morgan fingerprint density at radius 3 is 1.47 bits per heavy atom. The first-order chi connectivity index (χ1) is 7.86. The van der Waals surface area contributed by atoms with E-state index in [4.69, 9.17) is 23.7 Å². The molecule has 0 bridgehead atoms. The number of ether oxygens (including phenoxy) is 5. The summed E-state index contributed by atoms with van der Waals surface area (Å²) in [6.07, 6.45) is 0.197. The maximum absolute atomic E-state index is 5.77. The van der Waals surface area contributed by atoms with E-state index >= 15 is 0 Å². The van der Waals surface area contributed by atoms with Crippen molar-refractivity contribution in [1.82, 2.24) is 0 Å². The van der Waals surface area contributed by atoms with Gasteiger partial charge in [-0.05, 0) is 27.7 Å². The van der Waals surface area contributed by atoms with Crippen LogP contribution in [0.3, 0.4) is 0 Å². The Kier molecular flexibility index (Phi) is 2.55. The average Bonchev–Trinajstić information content (AvgIpc) is 2.81. The molecule has 0 radical (unpaired) electrons. The second kappa shape index (κ2) is 3.65. The van der Waals surface area contributed by atoms with Crippen LogP contribution in [0.1, 0.15) is 27.7 Å². The van der Waals surface area contributed by atoms with Gasteiger partial charge in [0.1, 0.15) is 24.4 Å². The standard InChI is InChI=1S/C12H20O5/c1-11(2)13-5-7(16-11)9-10(15-9)8-6-14-12(3,4)17-8/h7-10H,5-6H2,1-4H3/t7-,8+,9-,10+. The SMILES string of the molecule is CC1(C)OC[C@@H]([C@@H]2O[C@@H]2[C@H]2COC(C)(C)O2)O1. The Morgan fingerprint density at radius 2 is 1.18 bits per heavy atom. The van der Waals surface area contributed by atoms with Crippen molar-refractivity contribution in [2.45, 2.75) is 63.7 Å². The molecule has 3 fully saturated rings. The number of epoxide rings is 1. The molecular formula is C12H20O5. The summed E-state index contributed by atoms with van der Waals surface area (Å²) >= 11 is 0. The Labute approximate surface area is 101 Å². The first-order valence-corrected chi connectivity index (χ1v) is 6.15. The van der Waals surface area contributed by atoms with E-state index in [1.165, 1.54) is 0 Å². The highest BCUT2D eigenvalue weighted by Gasteiger charge is 2.56. The van der Waals surface area contributed by atoms with Gasteiger partial charge < -0.3 is 23.7 Å². The van der Waals surface area contributed by atoms with Crippen LogP contribution in [0.2, 0.25) is 0 Å². The van der Waals surface area contributed by atoms with Crippen LogP contribution in [0.15, 0.2) is 0 Å². The number of rotatable bonds is 2. The fraction of sp³-hybridized carbons (Fsp3) is 1.00. The Balaban J connectivity index is 1.54. The van der Waals surface area contributed by atoms with E-state index in [2.05, 4.69) is 0 Å². The molecule has 3 aliphatic rings. The van der Waals surface area contributed by atoms with Gasteiger partial charge in [-0.15, -0.1) is 0 Å². The Hall–Kier alpha value is -0.200. The molecular weight excluding hydrogens is 224 g/mol. The summed E-state index contributed by atoms with van der Waals surface area (Å²) in [5.41, 5.74) is 0. The number of hydrogen-bond acceptors (Lipinski definition) is 5. The molecule has 17 heavy (non-hydrogen) atoms. The van der Waals surface area contributed by atoms with Crippen molar-refractivity contribution in [3.63, 3.8) is 0 Å². The zero-order valence-electron chi connectivity index (χ0n) is 10.8. The normalized spacial score (nSPS) is 47.3. The summed E-state index contributed by atoms with van der Waals surface area (Å²) in [7, 11) is 0. The quantitative estimate of drug-likeness (QED) is 0.680. The molecule has 0 unspecified atom stereocenters. The van der Waals surface area contributed by atoms with Crippen molar-refractivity contribution in [3.8, 4) is 0 Å². The van der Waals surface area contributed by atoms with Crippen LogP contribution >= 0.6 is 0 Å². The van der Waals surface area contributed by atoms with Crippen molar-refractivity contribution in [2.75, 3.05) is 13.2 Å². The lowest BCUT2D eigenvalue weighted by Gasteiger charge is -2.17. The van der Waals surface area contributed by atoms with Gasteiger partial charge in [-0.2, -0.15) is 0 Å². The van der Waals surface area contributed by atoms with Gasteiger partial charge in [-0.25, -0.2) is 0 Å². The Morgan fingerprint density at radius 1 is 0.765 bits per heavy atom. The van der Waals surface area contributed by atoms with E-state index < -0.39 is 11.6 Å². The van der Waals surface area contributed by atoms with Crippen molar-refractivity contribution >= 4 is 0 Å². The van der Waals surface area contributed by atoms with Crippen molar-refractivity contribution in [2.24, 2.45) is 0 Å². The highest BCUT2D eigenvalue weighted by molar-refractivity contribution is 5.00. The van der Waals surface area contributed by atoms with E-state index in [1.807, 2.05) is 27.7 Å². The topological polar surface area (TPSA) is 49.5 Å². The molecule has 98 valence electrons. The molecule has 3 saturated heterocycles. The molecule has 3 heterocycles. The molecule has 0 spiro atoms. The molecule has 3 rings (SSSR count). The molecule has 5 heteroatoms. The number of hydrogen-bond donors (Lipinski definition) is 0. The smallest absolute Gasteiger partial charge is 0.163 e. The van der Waals surface area contributed by atoms with Gasteiger partial charge >= 0.3 is 0 Å². The lowest BCUT2D eigenvalue weighted by molar-refractivity contribution is -0.142. The molecule has 5 nitrogen and oxygen atoms in total. The van der Waals surface area contributed by atoms with E-state index in [0.29, 0.717) is 13.2 Å². The molecule has 0 N–H and O–H groups in total. The highest BCUT2D eigenvalue weighted by atomic mass is 16.8. The second-order valence-electron chi connectivity index (χ2n) is 5.80. The van der Waals surface area contributed by atoms with E-state index in [0.717, 1.165) is 0 Å². The second-order valence-corrected chi connectivity index (χ2v) is 5.80. The third-order valence-electron chi connectivity index (χ3n) is 3.36. The summed E-state index contributed by atoms with van der Waals surface area (Å²) in [5, 5.41) is 0. The highest BCUT2D eigenvalue weighted by Crippen LogP contribution is 2.40. The van der Waals surface area contributed by atoms with Crippen LogP contribution in [-0.2, 0) is 23.7 Å². The van der Waals surface area contributed by atoms with E-state index in [9.17, 15) is 0 Å². The van der Waals surface area contributed by atoms with E-state index in [1.54, 1.807) is 0 Å². The summed E-state index contributed by atoms with van der Waals surface area (Å²) in [4.78, 5) is 0. The zero-order chi connectivity index (χ0) is 12.3. The van der Waals surface area contributed by atoms with Crippen LogP contribution < -0.4 is 0 Å². The lowest BCUT2D eigenvalue weighted by Crippen LogP contribution is -2.30. The molecule has 4 atom stereocenters. The van der Waals surface area contributed by atoms with Crippen LogP contribution in [0.5, 0.6) is 0 Å². The molecule has 0 saturated carbocycles. The third kappa shape index (κ3) is 2.35. The summed E-state index contributed by atoms with van der Waals surface area (Å²) in [5.74, 6) is -0.985. The maximum atomic E-state index is 5.77. The molecule has 0 amide bonds. The fourth-order valence-electron chi connectivity index (χ4n) is 2.49. The minimum Gasteiger partial charge on any atom is -0.364 e. The van der Waals surface area contributed by atoms with Crippen LogP contribution in [0, 0.1) is 0 Å². The third-order valence-corrected chi connectivity index (χ3v) is 3.36. The van der Waals surface area contributed by atoms with Gasteiger partial charge in [0.2, 0.25) is 0 Å². The minimum absolute atomic E-state index is 0.0160. The van der Waals surface area contributed by atoms with Crippen LogP contribution in [-0.4, -0.2) is 49.2 Å². The lowest BCUT2D eigenvalue weighted by atomic mass is 10.1. The van der Waals surface area contributed by atoms with Crippen molar-refractivity contribution in [1.29, 1.82) is 0 Å². The molecule has 0 aromatic heterocycles. The summed E-state index contributed by atoms with van der Waals surface area (Å²) in [6.45, 7) is 8.85. The first kappa shape index (κ1) is 11.9. The first-order valence-electron chi connectivity index (χ1n) is 6.15. The molecule has 3 aliphatic heterocycles. The van der Waals surface area contributed by atoms with Crippen molar-refractivity contribution < 1.29 is 23.7 Å². The van der Waals surface area contributed by atoms with Gasteiger partial charge in [0.15, 0.2) is 11.6 Å². The zero-order valence-corrected chi connectivity index (χ0v) is 10.8. The Bertz CT molecular complexity index is 284. The molecule has 0 aromatic rings. The largest absolute Gasteiger partial charge is 0.364 e. The van der Waals surface area contributed by atoms with Crippen LogP contribution in [0.25, 0.3) is 0 Å². The predicted octanol–water partition coefficient (Wildman–Crippen LogP) is 1.06. The molecule has 0 aromatic carbocycles. The predicted molar refractivity (Wildman–Crippen MR) is 58.5 cm³/mol. The summed E-state index contributed by atoms with van der Waals surface area (Å²) < 4.78 is 28.3. The average molecular weight is 244 g/mol. The summed E-state index contributed by atoms with van der Waals surface area (Å²) in [6, 6.07) is 0. The van der Waals surface area contributed by atoms with Gasteiger partial charge in [-0.3, -0.25) is 0 Å². The van der Waals surface area contributed by atoms with Gasteiger partial charge in [0.25, 0.3) is 0 Å². The molecule has 0 aliphatic carbocycles. The van der Waals surface area contributed by atoms with Gasteiger partial charge in [0, 0.05) is 0 Å². The van der Waals surface area contributed by atoms with E-state index in [-0.39, 0.29) is 24.4 Å². The van der Waals surface area contributed by atoms with Crippen LogP contribution in [0.4, 0.5) is 0 Å². The monoisotopic (exact) mass is 244 g/mol. The van der Waals surface area contributed by atoms with Gasteiger partial charge in [-0.1, -0.05) is 0 Å². The van der Waals surface area contributed by atoms with Crippen molar-refractivity contribution in [3.05, 3.63) is 0 Å². The van der Waals surface area contributed by atoms with Gasteiger partial charge in [0.05, 0.1) is 13.2 Å².